The first-order valence-corrected chi connectivity index (χ1v) is 9.79. The highest BCUT2D eigenvalue weighted by Crippen LogP contribution is 2.18. The first kappa shape index (κ1) is 18.6. The fourth-order valence-corrected chi connectivity index (χ4v) is 3.51. The van der Waals surface area contributed by atoms with Crippen LogP contribution in [-0.4, -0.2) is 47.2 Å². The third-order valence-corrected chi connectivity index (χ3v) is 5.15. The summed E-state index contributed by atoms with van der Waals surface area (Å²) in [4.78, 5) is 14.1. The fourth-order valence-electron chi connectivity index (χ4n) is 3.51. The molecule has 1 aromatic carbocycles. The van der Waals surface area contributed by atoms with Gasteiger partial charge in [0.2, 0.25) is 5.91 Å². The maximum absolute atomic E-state index is 12.2. The van der Waals surface area contributed by atoms with Crippen molar-refractivity contribution in [2.75, 3.05) is 20.1 Å². The lowest BCUT2D eigenvalue weighted by Crippen LogP contribution is -2.33. The first-order chi connectivity index (χ1) is 12.7. The highest BCUT2D eigenvalue weighted by Gasteiger charge is 2.19. The van der Waals surface area contributed by atoms with Crippen molar-refractivity contribution < 1.29 is 4.79 Å². The van der Waals surface area contributed by atoms with Gasteiger partial charge in [-0.1, -0.05) is 36.8 Å². The summed E-state index contributed by atoms with van der Waals surface area (Å²) in [5, 5.41) is 10.9. The van der Waals surface area contributed by atoms with E-state index < -0.39 is 0 Å². The Hall–Kier alpha value is -2.14. The molecular weight excluding hydrogens is 324 g/mol. The summed E-state index contributed by atoms with van der Waals surface area (Å²) >= 11 is 0. The molecule has 1 aliphatic heterocycles. The number of hydrogen-bond acceptors (Lipinski definition) is 3. The number of benzene rings is 1. The molecule has 5 heteroatoms. The molecule has 2 N–H and O–H groups in total. The van der Waals surface area contributed by atoms with Gasteiger partial charge in [0.05, 0.1) is 5.69 Å². The molecule has 0 aliphatic carbocycles. The highest BCUT2D eigenvalue weighted by molar-refractivity contribution is 5.76. The van der Waals surface area contributed by atoms with Crippen LogP contribution in [0.1, 0.15) is 44.2 Å². The molecule has 2 heterocycles. The van der Waals surface area contributed by atoms with Crippen molar-refractivity contribution in [3.05, 3.63) is 42.1 Å². The lowest BCUT2D eigenvalue weighted by molar-refractivity contribution is -0.130. The van der Waals surface area contributed by atoms with Crippen molar-refractivity contribution >= 4 is 5.91 Å². The molecule has 1 fully saturated rings. The molecule has 0 radical (unpaired) electrons. The predicted octanol–water partition coefficient (Wildman–Crippen LogP) is 3.39. The van der Waals surface area contributed by atoms with Crippen LogP contribution in [0.4, 0.5) is 0 Å². The quantitative estimate of drug-likeness (QED) is 0.679. The Balaban J connectivity index is 1.31. The van der Waals surface area contributed by atoms with Crippen LogP contribution in [0.15, 0.2) is 36.4 Å². The topological polar surface area (TPSA) is 61.0 Å². The van der Waals surface area contributed by atoms with Gasteiger partial charge in [-0.15, -0.1) is 0 Å². The van der Waals surface area contributed by atoms with E-state index in [0.717, 1.165) is 56.5 Å². The smallest absolute Gasteiger partial charge is 0.223 e. The van der Waals surface area contributed by atoms with Crippen LogP contribution in [0.2, 0.25) is 0 Å². The summed E-state index contributed by atoms with van der Waals surface area (Å²) in [5.41, 5.74) is 3.33. The standard InChI is InChI=1S/C21H30N4O/c1-25(21(26)16-18-12-8-13-22-18)14-7-3-6-11-19-15-20(24-23-19)17-9-4-2-5-10-17/h2,4-5,9-10,15,18,22H,3,6-8,11-14,16H2,1H3,(H,23,24). The molecule has 1 atom stereocenters. The minimum Gasteiger partial charge on any atom is -0.346 e. The summed E-state index contributed by atoms with van der Waals surface area (Å²) < 4.78 is 0. The average Bonchev–Trinajstić information content (AvgIpc) is 3.34. The van der Waals surface area contributed by atoms with Gasteiger partial charge >= 0.3 is 0 Å². The second kappa shape index (κ2) is 9.53. The summed E-state index contributed by atoms with van der Waals surface area (Å²) in [6.07, 6.45) is 7.27. The Morgan fingerprint density at radius 3 is 2.85 bits per heavy atom. The Morgan fingerprint density at radius 1 is 1.23 bits per heavy atom. The molecule has 140 valence electrons. The number of carbonyl (C=O) groups is 1. The number of carbonyl (C=O) groups excluding carboxylic acids is 1. The molecule has 0 saturated carbocycles. The fraction of sp³-hybridized carbons (Fsp3) is 0.524. The number of amides is 1. The van der Waals surface area contributed by atoms with Crippen molar-refractivity contribution in [3.63, 3.8) is 0 Å². The minimum atomic E-state index is 0.269. The van der Waals surface area contributed by atoms with E-state index >= 15 is 0 Å². The van der Waals surface area contributed by atoms with Crippen molar-refractivity contribution in [1.82, 2.24) is 20.4 Å². The zero-order valence-corrected chi connectivity index (χ0v) is 15.7. The van der Waals surface area contributed by atoms with E-state index in [-0.39, 0.29) is 5.91 Å². The largest absolute Gasteiger partial charge is 0.346 e. The van der Waals surface area contributed by atoms with Crippen LogP contribution >= 0.6 is 0 Å². The predicted molar refractivity (Wildman–Crippen MR) is 105 cm³/mol. The Kier molecular flexibility index (Phi) is 6.83. The lowest BCUT2D eigenvalue weighted by atomic mass is 10.1. The maximum Gasteiger partial charge on any atom is 0.223 e. The number of nitrogens with zero attached hydrogens (tertiary/aromatic N) is 2. The molecule has 26 heavy (non-hydrogen) atoms. The van der Waals surface area contributed by atoms with E-state index in [9.17, 15) is 4.79 Å². The summed E-state index contributed by atoms with van der Waals surface area (Å²) in [6, 6.07) is 12.8. The van der Waals surface area contributed by atoms with E-state index in [1.54, 1.807) is 0 Å². The van der Waals surface area contributed by atoms with E-state index in [1.807, 2.05) is 30.1 Å². The van der Waals surface area contributed by atoms with Crippen molar-refractivity contribution in [2.24, 2.45) is 0 Å². The van der Waals surface area contributed by atoms with E-state index in [0.29, 0.717) is 12.5 Å². The molecule has 1 amide bonds. The van der Waals surface area contributed by atoms with Crippen molar-refractivity contribution in [1.29, 1.82) is 0 Å². The lowest BCUT2D eigenvalue weighted by Gasteiger charge is -2.19. The zero-order chi connectivity index (χ0) is 18.2. The molecule has 1 aromatic heterocycles. The van der Waals surface area contributed by atoms with E-state index in [2.05, 4.69) is 33.7 Å². The van der Waals surface area contributed by atoms with Gasteiger partial charge in [0.15, 0.2) is 0 Å². The Labute approximate surface area is 156 Å². The van der Waals surface area contributed by atoms with Crippen LogP contribution in [0.3, 0.4) is 0 Å². The second-order valence-corrected chi connectivity index (χ2v) is 7.27. The number of aromatic amines is 1. The number of rotatable bonds is 9. The summed E-state index contributed by atoms with van der Waals surface area (Å²) in [6.45, 7) is 1.91. The van der Waals surface area contributed by atoms with Crippen LogP contribution in [0.25, 0.3) is 11.3 Å². The van der Waals surface area contributed by atoms with Gasteiger partial charge < -0.3 is 10.2 Å². The highest BCUT2D eigenvalue weighted by atomic mass is 16.2. The molecule has 5 nitrogen and oxygen atoms in total. The van der Waals surface area contributed by atoms with Gasteiger partial charge in [-0.05, 0) is 44.7 Å². The third kappa shape index (κ3) is 5.43. The van der Waals surface area contributed by atoms with E-state index in [1.165, 1.54) is 12.1 Å². The molecule has 3 rings (SSSR count). The van der Waals surface area contributed by atoms with Crippen molar-refractivity contribution in [3.8, 4) is 11.3 Å². The Bertz CT molecular complexity index is 676. The van der Waals surface area contributed by atoms with Crippen LogP contribution < -0.4 is 5.32 Å². The normalized spacial score (nSPS) is 16.7. The third-order valence-electron chi connectivity index (χ3n) is 5.15. The minimum absolute atomic E-state index is 0.269. The summed E-state index contributed by atoms with van der Waals surface area (Å²) in [5.74, 6) is 0.269. The molecule has 0 spiro atoms. The van der Waals surface area contributed by atoms with Gasteiger partial charge in [0.25, 0.3) is 0 Å². The van der Waals surface area contributed by atoms with Crippen LogP contribution in [0.5, 0.6) is 0 Å². The zero-order valence-electron chi connectivity index (χ0n) is 15.7. The van der Waals surface area contributed by atoms with Crippen molar-refractivity contribution in [2.45, 2.75) is 51.0 Å². The Morgan fingerprint density at radius 2 is 2.08 bits per heavy atom. The molecule has 1 unspecified atom stereocenters. The van der Waals surface area contributed by atoms with E-state index in [4.69, 9.17) is 0 Å². The molecule has 1 aliphatic rings. The number of aromatic nitrogens is 2. The summed E-state index contributed by atoms with van der Waals surface area (Å²) in [7, 11) is 1.93. The maximum atomic E-state index is 12.2. The number of unbranched alkanes of at least 4 members (excludes halogenated alkanes) is 2. The number of aryl methyl sites for hydroxylation is 1. The SMILES string of the molecule is CN(CCCCCc1cc(-c2ccccc2)n[nH]1)C(=O)CC1CCCN1. The van der Waals surface area contributed by atoms with Gasteiger partial charge in [0.1, 0.15) is 0 Å². The number of H-pyrrole nitrogens is 1. The van der Waals surface area contributed by atoms with Gasteiger partial charge in [0, 0.05) is 37.3 Å². The molecule has 1 saturated heterocycles. The number of nitrogens with one attached hydrogen (secondary N) is 2. The van der Waals surface area contributed by atoms with Gasteiger partial charge in [-0.25, -0.2) is 0 Å². The van der Waals surface area contributed by atoms with Gasteiger partial charge in [-0.2, -0.15) is 5.10 Å². The first-order valence-electron chi connectivity index (χ1n) is 9.79. The van der Waals surface area contributed by atoms with Gasteiger partial charge in [-0.3, -0.25) is 9.89 Å². The molecular formula is C21H30N4O. The molecule has 0 bridgehead atoms. The number of hydrogen-bond donors (Lipinski definition) is 2. The van der Waals surface area contributed by atoms with Crippen LogP contribution in [0, 0.1) is 0 Å². The average molecular weight is 354 g/mol. The van der Waals surface area contributed by atoms with Crippen LogP contribution in [-0.2, 0) is 11.2 Å². The monoisotopic (exact) mass is 354 g/mol. The second-order valence-electron chi connectivity index (χ2n) is 7.27. The molecule has 2 aromatic rings.